The molecule has 6 nitrogen and oxygen atoms in total. The monoisotopic (exact) mass is 458 g/mol. The van der Waals surface area contributed by atoms with Gasteiger partial charge in [0.15, 0.2) is 0 Å². The molecule has 0 unspecified atom stereocenters. The van der Waals surface area contributed by atoms with Gasteiger partial charge in [-0.25, -0.2) is 8.42 Å². The SMILES string of the molecule is CCOc1ccc(S(=O)(=O)N(CC)CC)cc1NC(=O)Cc1ccc(Cl)cc1Cl. The van der Waals surface area contributed by atoms with Crippen molar-refractivity contribution >= 4 is 44.8 Å². The van der Waals surface area contributed by atoms with Gasteiger partial charge in [0, 0.05) is 23.1 Å². The minimum Gasteiger partial charge on any atom is -0.492 e. The maximum Gasteiger partial charge on any atom is 0.243 e. The van der Waals surface area contributed by atoms with Gasteiger partial charge in [-0.15, -0.1) is 0 Å². The summed E-state index contributed by atoms with van der Waals surface area (Å²) in [6.07, 6.45) is 0.00852. The number of benzene rings is 2. The molecule has 0 saturated carbocycles. The number of rotatable bonds is 9. The van der Waals surface area contributed by atoms with Crippen molar-refractivity contribution in [3.63, 3.8) is 0 Å². The molecule has 0 radical (unpaired) electrons. The molecule has 0 aromatic heterocycles. The summed E-state index contributed by atoms with van der Waals surface area (Å²) >= 11 is 12.0. The van der Waals surface area contributed by atoms with Crippen LogP contribution in [0.25, 0.3) is 0 Å². The van der Waals surface area contributed by atoms with E-state index in [1.54, 1.807) is 45.0 Å². The first-order chi connectivity index (χ1) is 13.7. The molecule has 0 spiro atoms. The summed E-state index contributed by atoms with van der Waals surface area (Å²) in [4.78, 5) is 12.7. The summed E-state index contributed by atoms with van der Waals surface area (Å²) in [5.41, 5.74) is 0.897. The number of anilines is 1. The predicted molar refractivity (Wildman–Crippen MR) is 117 cm³/mol. The summed E-state index contributed by atoms with van der Waals surface area (Å²) in [6, 6.07) is 9.33. The number of halogens is 2. The van der Waals surface area contributed by atoms with Crippen LogP contribution in [0.1, 0.15) is 26.3 Å². The molecule has 2 rings (SSSR count). The fourth-order valence-corrected chi connectivity index (χ4v) is 4.75. The molecule has 0 aliphatic heterocycles. The quantitative estimate of drug-likeness (QED) is 0.595. The fourth-order valence-electron chi connectivity index (χ4n) is 2.79. The summed E-state index contributed by atoms with van der Waals surface area (Å²) in [7, 11) is -3.67. The van der Waals surface area contributed by atoms with Crippen molar-refractivity contribution in [2.45, 2.75) is 32.1 Å². The van der Waals surface area contributed by atoms with Gasteiger partial charge in [0.1, 0.15) is 5.75 Å². The zero-order valence-corrected chi connectivity index (χ0v) is 18.9. The molecule has 0 heterocycles. The Hall–Kier alpha value is -1.80. The third-order valence-corrected chi connectivity index (χ3v) is 6.87. The van der Waals surface area contributed by atoms with Crippen molar-refractivity contribution in [2.24, 2.45) is 0 Å². The fraction of sp³-hybridized carbons (Fsp3) is 0.350. The van der Waals surface area contributed by atoms with Gasteiger partial charge < -0.3 is 10.1 Å². The lowest BCUT2D eigenvalue weighted by Crippen LogP contribution is -2.30. The van der Waals surface area contributed by atoms with Gasteiger partial charge >= 0.3 is 0 Å². The Bertz CT molecular complexity index is 976. The van der Waals surface area contributed by atoms with Crippen LogP contribution >= 0.6 is 23.2 Å². The smallest absolute Gasteiger partial charge is 0.243 e. The van der Waals surface area contributed by atoms with E-state index in [0.717, 1.165) is 0 Å². The highest BCUT2D eigenvalue weighted by atomic mass is 35.5. The van der Waals surface area contributed by atoms with Crippen molar-refractivity contribution in [1.29, 1.82) is 0 Å². The van der Waals surface area contributed by atoms with E-state index in [4.69, 9.17) is 27.9 Å². The minimum atomic E-state index is -3.67. The average Bonchev–Trinajstić information content (AvgIpc) is 2.66. The van der Waals surface area contributed by atoms with Crippen LogP contribution in [0.4, 0.5) is 5.69 Å². The van der Waals surface area contributed by atoms with E-state index in [9.17, 15) is 13.2 Å². The number of carbonyl (C=O) groups is 1. The Morgan fingerprint density at radius 2 is 1.76 bits per heavy atom. The van der Waals surface area contributed by atoms with Crippen molar-refractivity contribution in [2.75, 3.05) is 25.0 Å². The van der Waals surface area contributed by atoms with Gasteiger partial charge in [-0.1, -0.05) is 43.1 Å². The largest absolute Gasteiger partial charge is 0.492 e. The molecular formula is C20H24Cl2N2O4S. The molecule has 2 aromatic carbocycles. The Morgan fingerprint density at radius 1 is 1.07 bits per heavy atom. The lowest BCUT2D eigenvalue weighted by Gasteiger charge is -2.20. The first-order valence-electron chi connectivity index (χ1n) is 9.23. The molecule has 0 fully saturated rings. The van der Waals surface area contributed by atoms with Crippen molar-refractivity contribution in [1.82, 2.24) is 4.31 Å². The van der Waals surface area contributed by atoms with E-state index in [1.807, 2.05) is 0 Å². The second kappa shape index (κ2) is 10.3. The van der Waals surface area contributed by atoms with Crippen LogP contribution in [-0.4, -0.2) is 38.3 Å². The molecule has 1 amide bonds. The van der Waals surface area contributed by atoms with Gasteiger partial charge in [0.25, 0.3) is 0 Å². The third kappa shape index (κ3) is 5.85. The maximum absolute atomic E-state index is 12.8. The maximum atomic E-state index is 12.8. The zero-order chi connectivity index (χ0) is 21.6. The summed E-state index contributed by atoms with van der Waals surface area (Å²) in [5, 5.41) is 3.60. The topological polar surface area (TPSA) is 75.7 Å². The van der Waals surface area contributed by atoms with E-state index < -0.39 is 10.0 Å². The number of ether oxygens (including phenoxy) is 1. The Kier molecular flexibility index (Phi) is 8.34. The summed E-state index contributed by atoms with van der Waals surface area (Å²) < 4.78 is 32.5. The molecular weight excluding hydrogens is 435 g/mol. The standard InChI is InChI=1S/C20H24Cl2N2O4S/c1-4-24(5-2)29(26,27)16-9-10-19(28-6-3)18(13-16)23-20(25)11-14-7-8-15(21)12-17(14)22/h7-10,12-13H,4-6,11H2,1-3H3,(H,23,25). The molecule has 0 bridgehead atoms. The first-order valence-corrected chi connectivity index (χ1v) is 11.4. The van der Waals surface area contributed by atoms with E-state index >= 15 is 0 Å². The molecule has 29 heavy (non-hydrogen) atoms. The lowest BCUT2D eigenvalue weighted by molar-refractivity contribution is -0.115. The molecule has 0 saturated heterocycles. The van der Waals surface area contributed by atoms with Gasteiger partial charge in [0.2, 0.25) is 15.9 Å². The van der Waals surface area contributed by atoms with Crippen molar-refractivity contribution in [3.8, 4) is 5.75 Å². The van der Waals surface area contributed by atoms with Crippen molar-refractivity contribution < 1.29 is 17.9 Å². The zero-order valence-electron chi connectivity index (χ0n) is 16.5. The number of hydrogen-bond donors (Lipinski definition) is 1. The Morgan fingerprint density at radius 3 is 2.34 bits per heavy atom. The predicted octanol–water partition coefficient (Wildman–Crippen LogP) is 4.60. The molecule has 9 heteroatoms. The minimum absolute atomic E-state index is 0.00852. The number of hydrogen-bond acceptors (Lipinski definition) is 4. The van der Waals surface area contributed by atoms with Crippen LogP contribution in [0, 0.1) is 0 Å². The molecule has 158 valence electrons. The average molecular weight is 459 g/mol. The Balaban J connectivity index is 2.33. The van der Waals surface area contributed by atoms with Gasteiger partial charge in [-0.3, -0.25) is 4.79 Å². The second-order valence-corrected chi connectivity index (χ2v) is 8.92. The summed E-state index contributed by atoms with van der Waals surface area (Å²) in [5.74, 6) is 0.0362. The van der Waals surface area contributed by atoms with E-state index in [2.05, 4.69) is 5.32 Å². The first kappa shape index (κ1) is 23.5. The molecule has 0 atom stereocenters. The highest BCUT2D eigenvalue weighted by Gasteiger charge is 2.23. The third-order valence-electron chi connectivity index (χ3n) is 4.23. The molecule has 0 aliphatic rings. The van der Waals surface area contributed by atoms with Gasteiger partial charge in [0.05, 0.1) is 23.6 Å². The van der Waals surface area contributed by atoms with E-state index in [0.29, 0.717) is 41.1 Å². The number of carbonyl (C=O) groups excluding carboxylic acids is 1. The molecule has 2 aromatic rings. The van der Waals surface area contributed by atoms with Gasteiger partial charge in [-0.05, 0) is 42.8 Å². The van der Waals surface area contributed by atoms with Crippen LogP contribution in [0.3, 0.4) is 0 Å². The normalized spacial score (nSPS) is 11.5. The van der Waals surface area contributed by atoms with E-state index in [-0.39, 0.29) is 22.9 Å². The van der Waals surface area contributed by atoms with Crippen LogP contribution in [0.15, 0.2) is 41.3 Å². The van der Waals surface area contributed by atoms with Crippen LogP contribution in [0.2, 0.25) is 10.0 Å². The van der Waals surface area contributed by atoms with Crippen molar-refractivity contribution in [3.05, 3.63) is 52.0 Å². The molecule has 0 aliphatic carbocycles. The Labute approximate surface area is 181 Å². The van der Waals surface area contributed by atoms with E-state index in [1.165, 1.54) is 16.4 Å². The van der Waals surface area contributed by atoms with Gasteiger partial charge in [-0.2, -0.15) is 4.31 Å². The highest BCUT2D eigenvalue weighted by molar-refractivity contribution is 7.89. The molecule has 1 N–H and O–H groups in total. The van der Waals surface area contributed by atoms with Crippen LogP contribution in [0.5, 0.6) is 5.75 Å². The summed E-state index contributed by atoms with van der Waals surface area (Å²) in [6.45, 7) is 6.42. The second-order valence-electron chi connectivity index (χ2n) is 6.14. The number of sulfonamides is 1. The number of nitrogens with one attached hydrogen (secondary N) is 1. The van der Waals surface area contributed by atoms with Crippen LogP contribution < -0.4 is 10.1 Å². The number of nitrogens with zero attached hydrogens (tertiary/aromatic N) is 1. The highest BCUT2D eigenvalue weighted by Crippen LogP contribution is 2.30. The van der Waals surface area contributed by atoms with Crippen LogP contribution in [-0.2, 0) is 21.2 Å². The lowest BCUT2D eigenvalue weighted by atomic mass is 10.1. The number of amides is 1.